The number of hydrogen-bond donors (Lipinski definition) is 2. The van der Waals surface area contributed by atoms with E-state index in [1.807, 2.05) is 6.92 Å². The second-order valence-electron chi connectivity index (χ2n) is 4.51. The Morgan fingerprint density at radius 2 is 2.00 bits per heavy atom. The zero-order valence-corrected chi connectivity index (χ0v) is 14.1. The van der Waals surface area contributed by atoms with Crippen LogP contribution in [0.25, 0.3) is 0 Å². The number of carbonyl (C=O) groups is 1. The smallest absolute Gasteiger partial charge is 0.337 e. The van der Waals surface area contributed by atoms with Crippen LogP contribution in [-0.2, 0) is 14.8 Å². The van der Waals surface area contributed by atoms with Gasteiger partial charge in [-0.2, -0.15) is 0 Å². The summed E-state index contributed by atoms with van der Waals surface area (Å²) >= 11 is 0. The van der Waals surface area contributed by atoms with Gasteiger partial charge in [-0.1, -0.05) is 0 Å². The summed E-state index contributed by atoms with van der Waals surface area (Å²) in [6.45, 7) is 3.80. The van der Waals surface area contributed by atoms with Crippen LogP contribution in [-0.4, -0.2) is 41.1 Å². The van der Waals surface area contributed by atoms with Crippen molar-refractivity contribution in [2.75, 3.05) is 20.7 Å². The van der Waals surface area contributed by atoms with Gasteiger partial charge < -0.3 is 10.1 Å². The Morgan fingerprint density at radius 1 is 1.38 bits per heavy atom. The van der Waals surface area contributed by atoms with E-state index in [2.05, 4.69) is 14.8 Å². The van der Waals surface area contributed by atoms with Crippen LogP contribution in [0.4, 0.5) is 0 Å². The number of ether oxygens (including phenoxy) is 1. The maximum absolute atomic E-state index is 12.2. The molecule has 0 radical (unpaired) electrons. The van der Waals surface area contributed by atoms with E-state index in [0.29, 0.717) is 11.1 Å². The highest BCUT2D eigenvalue weighted by atomic mass is 35.5. The van der Waals surface area contributed by atoms with E-state index in [1.165, 1.54) is 25.3 Å². The first-order chi connectivity index (χ1) is 9.31. The van der Waals surface area contributed by atoms with Crippen molar-refractivity contribution >= 4 is 28.4 Å². The standard InChI is InChI=1S/C13H20N2O4S.ClH/c1-9-7-11(13(16)19-4)5-6-12(9)20(17,18)15-8-10(2)14-3;/h5-7,10,14-15H,8H2,1-4H3;1H. The zero-order chi connectivity index (χ0) is 15.3. The Balaban J connectivity index is 0.00000400. The summed E-state index contributed by atoms with van der Waals surface area (Å²) in [5.74, 6) is -0.492. The summed E-state index contributed by atoms with van der Waals surface area (Å²) in [7, 11) is -0.547. The molecule has 0 bridgehead atoms. The summed E-state index contributed by atoms with van der Waals surface area (Å²) < 4.78 is 31.5. The summed E-state index contributed by atoms with van der Waals surface area (Å²) in [6.07, 6.45) is 0. The average Bonchev–Trinajstić information content (AvgIpc) is 2.43. The first-order valence-electron chi connectivity index (χ1n) is 6.17. The number of nitrogens with one attached hydrogen (secondary N) is 2. The molecule has 2 N–H and O–H groups in total. The molecule has 0 aromatic heterocycles. The second-order valence-corrected chi connectivity index (χ2v) is 6.25. The van der Waals surface area contributed by atoms with Gasteiger partial charge in [0.15, 0.2) is 0 Å². The molecule has 0 fully saturated rings. The lowest BCUT2D eigenvalue weighted by Gasteiger charge is -2.13. The lowest BCUT2D eigenvalue weighted by Crippen LogP contribution is -2.37. The van der Waals surface area contributed by atoms with Crippen LogP contribution < -0.4 is 10.0 Å². The minimum Gasteiger partial charge on any atom is -0.465 e. The minimum atomic E-state index is -3.59. The Morgan fingerprint density at radius 3 is 2.48 bits per heavy atom. The first-order valence-corrected chi connectivity index (χ1v) is 7.66. The molecule has 120 valence electrons. The number of hydrogen-bond acceptors (Lipinski definition) is 5. The van der Waals surface area contributed by atoms with Gasteiger partial charge in [-0.05, 0) is 44.7 Å². The van der Waals surface area contributed by atoms with Crippen LogP contribution >= 0.6 is 12.4 Å². The van der Waals surface area contributed by atoms with E-state index in [-0.39, 0.29) is 29.9 Å². The van der Waals surface area contributed by atoms with Crippen LogP contribution in [0.3, 0.4) is 0 Å². The Hall–Kier alpha value is -1.15. The van der Waals surface area contributed by atoms with Gasteiger partial charge >= 0.3 is 5.97 Å². The fourth-order valence-electron chi connectivity index (χ4n) is 1.61. The van der Waals surface area contributed by atoms with Gasteiger partial charge in [0.05, 0.1) is 17.6 Å². The number of halogens is 1. The highest BCUT2D eigenvalue weighted by Crippen LogP contribution is 2.17. The SMILES string of the molecule is CNC(C)CNS(=O)(=O)c1ccc(C(=O)OC)cc1C.Cl. The molecule has 0 aliphatic carbocycles. The minimum absolute atomic E-state index is 0. The fraction of sp³-hybridized carbons (Fsp3) is 0.462. The molecule has 0 saturated carbocycles. The van der Waals surface area contributed by atoms with Crippen LogP contribution in [0.2, 0.25) is 0 Å². The van der Waals surface area contributed by atoms with Gasteiger partial charge in [0.25, 0.3) is 0 Å². The molecule has 1 aromatic rings. The normalized spacial score (nSPS) is 12.4. The average molecular weight is 337 g/mol. The third kappa shape index (κ3) is 5.28. The van der Waals surface area contributed by atoms with Gasteiger partial charge in [-0.25, -0.2) is 17.9 Å². The predicted octanol–water partition coefficient (Wildman–Crippen LogP) is 1.09. The quantitative estimate of drug-likeness (QED) is 0.760. The number of rotatable bonds is 6. The topological polar surface area (TPSA) is 84.5 Å². The third-order valence-corrected chi connectivity index (χ3v) is 4.54. The number of methoxy groups -OCH3 is 1. The van der Waals surface area contributed by atoms with E-state index < -0.39 is 16.0 Å². The molecule has 1 unspecified atom stereocenters. The molecule has 1 atom stereocenters. The van der Waals surface area contributed by atoms with E-state index in [1.54, 1.807) is 14.0 Å². The molecular weight excluding hydrogens is 316 g/mol. The third-order valence-electron chi connectivity index (χ3n) is 2.96. The van der Waals surface area contributed by atoms with E-state index in [9.17, 15) is 13.2 Å². The monoisotopic (exact) mass is 336 g/mol. The predicted molar refractivity (Wildman–Crippen MR) is 83.5 cm³/mol. The van der Waals surface area contributed by atoms with Gasteiger partial charge in [0, 0.05) is 12.6 Å². The van der Waals surface area contributed by atoms with Crippen molar-refractivity contribution in [2.45, 2.75) is 24.8 Å². The van der Waals surface area contributed by atoms with Crippen molar-refractivity contribution in [3.63, 3.8) is 0 Å². The van der Waals surface area contributed by atoms with Gasteiger partial charge in [-0.15, -0.1) is 12.4 Å². The van der Waals surface area contributed by atoms with Crippen molar-refractivity contribution in [2.24, 2.45) is 0 Å². The summed E-state index contributed by atoms with van der Waals surface area (Å²) in [5.41, 5.74) is 0.824. The maximum atomic E-state index is 12.2. The van der Waals surface area contributed by atoms with Crippen molar-refractivity contribution in [1.82, 2.24) is 10.0 Å². The lowest BCUT2D eigenvalue weighted by molar-refractivity contribution is 0.0600. The van der Waals surface area contributed by atoms with E-state index in [4.69, 9.17) is 0 Å². The molecule has 0 saturated heterocycles. The molecule has 6 nitrogen and oxygen atoms in total. The van der Waals surface area contributed by atoms with Crippen molar-refractivity contribution in [1.29, 1.82) is 0 Å². The molecule has 21 heavy (non-hydrogen) atoms. The molecule has 0 heterocycles. The molecule has 1 aromatic carbocycles. The van der Waals surface area contributed by atoms with Crippen LogP contribution in [0.5, 0.6) is 0 Å². The molecule has 0 amide bonds. The summed E-state index contributed by atoms with van der Waals surface area (Å²) in [4.78, 5) is 11.5. The Kier molecular flexibility index (Phi) is 7.87. The number of likely N-dealkylation sites (N-methyl/N-ethyl adjacent to an activating group) is 1. The van der Waals surface area contributed by atoms with E-state index in [0.717, 1.165) is 0 Å². The fourth-order valence-corrected chi connectivity index (χ4v) is 2.97. The molecule has 0 aliphatic rings. The Bertz CT molecular complexity index is 590. The van der Waals surface area contributed by atoms with Crippen LogP contribution in [0, 0.1) is 6.92 Å². The zero-order valence-electron chi connectivity index (χ0n) is 12.5. The Labute approximate surface area is 131 Å². The van der Waals surface area contributed by atoms with Gasteiger partial charge in [0.2, 0.25) is 10.0 Å². The number of aryl methyl sites for hydroxylation is 1. The number of esters is 1. The van der Waals surface area contributed by atoms with Crippen molar-refractivity contribution < 1.29 is 17.9 Å². The summed E-state index contributed by atoms with van der Waals surface area (Å²) in [6, 6.07) is 4.38. The molecule has 8 heteroatoms. The number of sulfonamides is 1. The molecule has 0 aliphatic heterocycles. The van der Waals surface area contributed by atoms with E-state index >= 15 is 0 Å². The van der Waals surface area contributed by atoms with Gasteiger partial charge in [-0.3, -0.25) is 0 Å². The maximum Gasteiger partial charge on any atom is 0.337 e. The van der Waals surface area contributed by atoms with Crippen molar-refractivity contribution in [3.8, 4) is 0 Å². The molecule has 1 rings (SSSR count). The molecule has 0 spiro atoms. The van der Waals surface area contributed by atoms with Crippen LogP contribution in [0.1, 0.15) is 22.8 Å². The highest BCUT2D eigenvalue weighted by Gasteiger charge is 2.18. The number of benzene rings is 1. The molecular formula is C13H21ClN2O4S. The first kappa shape index (κ1) is 19.9. The van der Waals surface area contributed by atoms with Gasteiger partial charge in [0.1, 0.15) is 0 Å². The number of carbonyl (C=O) groups excluding carboxylic acids is 1. The van der Waals surface area contributed by atoms with Crippen LogP contribution in [0.15, 0.2) is 23.1 Å². The van der Waals surface area contributed by atoms with Crippen molar-refractivity contribution in [3.05, 3.63) is 29.3 Å². The summed E-state index contributed by atoms with van der Waals surface area (Å²) in [5, 5.41) is 2.95. The second kappa shape index (κ2) is 8.33. The largest absolute Gasteiger partial charge is 0.465 e. The highest BCUT2D eigenvalue weighted by molar-refractivity contribution is 7.89. The lowest BCUT2D eigenvalue weighted by atomic mass is 10.1.